The summed E-state index contributed by atoms with van der Waals surface area (Å²) in [5, 5.41) is 5.47. The van der Waals surface area contributed by atoms with Crippen molar-refractivity contribution < 1.29 is 0 Å². The molecule has 0 saturated carbocycles. The summed E-state index contributed by atoms with van der Waals surface area (Å²) in [7, 11) is 0. The molecule has 50 heavy (non-hydrogen) atoms. The summed E-state index contributed by atoms with van der Waals surface area (Å²) in [6, 6.07) is 27.3. The molecule has 0 radical (unpaired) electrons. The highest BCUT2D eigenvalue weighted by atomic mass is 14.3. The predicted octanol–water partition coefficient (Wildman–Crippen LogP) is 13.5. The van der Waals surface area contributed by atoms with Crippen molar-refractivity contribution in [3.8, 4) is 0 Å². The first-order valence-electron chi connectivity index (χ1n) is 18.4. The number of allylic oxidation sites excluding steroid dienone is 21. The zero-order valence-corrected chi connectivity index (χ0v) is 28.6. The molecule has 4 aromatic carbocycles. The van der Waals surface area contributed by atoms with Crippen molar-refractivity contribution in [3.63, 3.8) is 0 Å². The van der Waals surface area contributed by atoms with E-state index in [9.17, 15) is 0 Å². The molecule has 0 spiro atoms. The molecule has 2 atom stereocenters. The van der Waals surface area contributed by atoms with Crippen LogP contribution in [-0.2, 0) is 0 Å². The zero-order valence-electron chi connectivity index (χ0n) is 28.6. The molecule has 0 nitrogen and oxygen atoms in total. The summed E-state index contributed by atoms with van der Waals surface area (Å²) in [6.07, 6.45) is 43.3. The van der Waals surface area contributed by atoms with E-state index in [1.54, 1.807) is 0 Å². The first-order chi connectivity index (χ1) is 24.8. The maximum Gasteiger partial charge on any atom is 0.0125 e. The van der Waals surface area contributed by atoms with Crippen molar-refractivity contribution in [1.82, 2.24) is 0 Å². The van der Waals surface area contributed by atoms with Crippen LogP contribution in [0.15, 0.2) is 181 Å². The standard InChI is InChI=1S/C50H42/c1-2-11-37(12-3-1)38-31-33-42(34-32-38)50-47-18-8-6-16-45(47)49(46-17-7-9-19-48(46)50)41-29-25-36(26-30-41)22-21-35-23-27-40(28-24-35)44-20-10-14-39-13-4-5-15-43(39)44/h1-2,4-11,13-25,27-29,31,33,39,43H,3,12,26,30,32,34H2. The van der Waals surface area contributed by atoms with E-state index in [1.807, 2.05) is 0 Å². The second-order valence-corrected chi connectivity index (χ2v) is 14.2. The molecule has 4 aromatic rings. The van der Waals surface area contributed by atoms with Gasteiger partial charge in [0, 0.05) is 11.8 Å². The van der Waals surface area contributed by atoms with Crippen LogP contribution >= 0.6 is 0 Å². The maximum atomic E-state index is 2.41. The second kappa shape index (κ2) is 13.4. The van der Waals surface area contributed by atoms with Gasteiger partial charge in [0.15, 0.2) is 0 Å². The summed E-state index contributed by atoms with van der Waals surface area (Å²) in [5.74, 6) is 0.897. The van der Waals surface area contributed by atoms with E-state index in [4.69, 9.17) is 0 Å². The van der Waals surface area contributed by atoms with Crippen molar-refractivity contribution >= 4 is 44.3 Å². The fourth-order valence-corrected chi connectivity index (χ4v) is 8.60. The summed E-state index contributed by atoms with van der Waals surface area (Å²) in [4.78, 5) is 0. The minimum absolute atomic E-state index is 0.432. The molecule has 242 valence electrons. The Kier molecular flexibility index (Phi) is 8.23. The molecular weight excluding hydrogens is 601 g/mol. The van der Waals surface area contributed by atoms with E-state index < -0.39 is 0 Å². The number of benzene rings is 4. The van der Waals surface area contributed by atoms with Gasteiger partial charge in [-0.15, -0.1) is 0 Å². The van der Waals surface area contributed by atoms with Crippen LogP contribution < -0.4 is 0 Å². The lowest BCUT2D eigenvalue weighted by Gasteiger charge is -2.27. The third-order valence-electron chi connectivity index (χ3n) is 11.2. The lowest BCUT2D eigenvalue weighted by molar-refractivity contribution is 0.678. The van der Waals surface area contributed by atoms with Crippen LogP contribution in [-0.4, -0.2) is 0 Å². The van der Waals surface area contributed by atoms with Gasteiger partial charge < -0.3 is 0 Å². The Morgan fingerprint density at radius 3 is 1.68 bits per heavy atom. The minimum Gasteiger partial charge on any atom is -0.0842 e. The molecule has 5 aliphatic carbocycles. The average Bonchev–Trinajstić information content (AvgIpc) is 3.20. The summed E-state index contributed by atoms with van der Waals surface area (Å²) in [5.41, 5.74) is 14.1. The quantitative estimate of drug-likeness (QED) is 0.184. The molecule has 0 heteroatoms. The molecule has 0 bridgehead atoms. The molecule has 9 rings (SSSR count). The molecule has 5 aliphatic rings. The molecule has 0 aromatic heterocycles. The van der Waals surface area contributed by atoms with Gasteiger partial charge in [0.05, 0.1) is 0 Å². The van der Waals surface area contributed by atoms with E-state index in [0.717, 1.165) is 38.5 Å². The number of hydrogen-bond donors (Lipinski definition) is 0. The molecule has 2 unspecified atom stereocenters. The topological polar surface area (TPSA) is 0 Å². The minimum atomic E-state index is 0.432. The van der Waals surface area contributed by atoms with E-state index >= 15 is 0 Å². The monoisotopic (exact) mass is 642 g/mol. The highest BCUT2D eigenvalue weighted by Crippen LogP contribution is 2.44. The number of hydrogen-bond acceptors (Lipinski definition) is 0. The Balaban J connectivity index is 1.01. The van der Waals surface area contributed by atoms with Gasteiger partial charge in [-0.3, -0.25) is 0 Å². The average molecular weight is 643 g/mol. The second-order valence-electron chi connectivity index (χ2n) is 14.2. The summed E-state index contributed by atoms with van der Waals surface area (Å²) in [6.45, 7) is 0. The highest BCUT2D eigenvalue weighted by molar-refractivity contribution is 6.16. The van der Waals surface area contributed by atoms with Crippen LogP contribution in [0.4, 0.5) is 0 Å². The summed E-state index contributed by atoms with van der Waals surface area (Å²) >= 11 is 0. The van der Waals surface area contributed by atoms with E-state index in [1.165, 1.54) is 77.2 Å². The normalized spacial score (nSPS) is 21.4. The van der Waals surface area contributed by atoms with Crippen molar-refractivity contribution in [2.24, 2.45) is 11.8 Å². The number of rotatable bonds is 6. The fraction of sp³-hybridized carbons (Fsp3) is 0.160. The van der Waals surface area contributed by atoms with E-state index in [-0.39, 0.29) is 0 Å². The third-order valence-corrected chi connectivity index (χ3v) is 11.2. The van der Waals surface area contributed by atoms with Gasteiger partial charge in [-0.1, -0.05) is 170 Å². The van der Waals surface area contributed by atoms with Crippen LogP contribution in [0.5, 0.6) is 0 Å². The van der Waals surface area contributed by atoms with Gasteiger partial charge in [-0.25, -0.2) is 0 Å². The summed E-state index contributed by atoms with van der Waals surface area (Å²) < 4.78 is 0. The Morgan fingerprint density at radius 1 is 0.460 bits per heavy atom. The molecule has 0 fully saturated rings. The zero-order chi connectivity index (χ0) is 33.3. The third kappa shape index (κ3) is 5.80. The first kappa shape index (κ1) is 30.6. The van der Waals surface area contributed by atoms with Crippen LogP contribution in [0.2, 0.25) is 0 Å². The van der Waals surface area contributed by atoms with Crippen molar-refractivity contribution in [3.05, 3.63) is 203 Å². The SMILES string of the molecule is C1=CCCC(C2=CC=C(c3c4ccccc4c(C4=CC=C(C=Cc5ccc(C6=CC=CC7C=CC=CC67)cc5)CC4)c4ccccc34)CC2)=C1. The number of fused-ring (bicyclic) bond motifs is 3. The lowest BCUT2D eigenvalue weighted by Crippen LogP contribution is -2.14. The molecule has 0 saturated heterocycles. The van der Waals surface area contributed by atoms with Crippen LogP contribution in [0.1, 0.15) is 60.8 Å². The Morgan fingerprint density at radius 2 is 1.06 bits per heavy atom. The van der Waals surface area contributed by atoms with Crippen molar-refractivity contribution in [2.75, 3.05) is 0 Å². The van der Waals surface area contributed by atoms with Gasteiger partial charge in [0.25, 0.3) is 0 Å². The van der Waals surface area contributed by atoms with Gasteiger partial charge in [0.1, 0.15) is 0 Å². The maximum absolute atomic E-state index is 2.41. The largest absolute Gasteiger partial charge is 0.0842 e. The van der Waals surface area contributed by atoms with Crippen molar-refractivity contribution in [1.29, 1.82) is 0 Å². The van der Waals surface area contributed by atoms with Crippen LogP contribution in [0.3, 0.4) is 0 Å². The molecule has 0 amide bonds. The Bertz CT molecular complexity index is 2290. The molecular formula is C50H42. The first-order valence-corrected chi connectivity index (χ1v) is 18.4. The van der Waals surface area contributed by atoms with Gasteiger partial charge in [-0.05, 0) is 116 Å². The van der Waals surface area contributed by atoms with E-state index in [0.29, 0.717) is 11.8 Å². The lowest BCUT2D eigenvalue weighted by atomic mass is 9.77. The Labute approximate surface area is 296 Å². The molecule has 0 aliphatic heterocycles. The molecule has 0 N–H and O–H groups in total. The van der Waals surface area contributed by atoms with Crippen LogP contribution in [0.25, 0.3) is 44.3 Å². The molecule has 0 heterocycles. The fourth-order valence-electron chi connectivity index (χ4n) is 8.60. The van der Waals surface area contributed by atoms with Gasteiger partial charge in [-0.2, -0.15) is 0 Å². The Hall–Kier alpha value is -5.46. The predicted molar refractivity (Wildman–Crippen MR) is 216 cm³/mol. The van der Waals surface area contributed by atoms with Gasteiger partial charge in [0.2, 0.25) is 0 Å². The van der Waals surface area contributed by atoms with Crippen LogP contribution in [0, 0.1) is 11.8 Å². The van der Waals surface area contributed by atoms with E-state index in [2.05, 4.69) is 170 Å². The van der Waals surface area contributed by atoms with Crippen molar-refractivity contribution in [2.45, 2.75) is 38.5 Å². The van der Waals surface area contributed by atoms with Gasteiger partial charge >= 0.3 is 0 Å². The smallest absolute Gasteiger partial charge is 0.0125 e. The highest BCUT2D eigenvalue weighted by Gasteiger charge is 2.24.